The van der Waals surface area contributed by atoms with E-state index in [2.05, 4.69) is 11.6 Å². The lowest BCUT2D eigenvalue weighted by Gasteiger charge is -2.28. The molecule has 19 heavy (non-hydrogen) atoms. The molecule has 0 heterocycles. The SMILES string of the molecule is CSC1(CNc2c(F)cccc2C(=O)O)CCCC1. The molecule has 0 spiro atoms. The molecule has 0 aliphatic heterocycles. The Hall–Kier alpha value is -1.23. The highest BCUT2D eigenvalue weighted by molar-refractivity contribution is 8.00. The van der Waals surface area contributed by atoms with E-state index in [4.69, 9.17) is 5.11 Å². The van der Waals surface area contributed by atoms with Crippen LogP contribution in [0.15, 0.2) is 18.2 Å². The molecule has 1 aromatic carbocycles. The highest BCUT2D eigenvalue weighted by atomic mass is 32.2. The summed E-state index contributed by atoms with van der Waals surface area (Å²) < 4.78 is 13.9. The van der Waals surface area contributed by atoms with Gasteiger partial charge in [-0.15, -0.1) is 0 Å². The molecule has 104 valence electrons. The predicted octanol–water partition coefficient (Wildman–Crippen LogP) is 3.61. The van der Waals surface area contributed by atoms with Crippen LogP contribution < -0.4 is 5.32 Å². The Morgan fingerprint density at radius 1 is 1.47 bits per heavy atom. The predicted molar refractivity (Wildman–Crippen MR) is 76.6 cm³/mol. The van der Waals surface area contributed by atoms with Gasteiger partial charge in [-0.25, -0.2) is 9.18 Å². The van der Waals surface area contributed by atoms with Gasteiger partial charge >= 0.3 is 5.97 Å². The maximum Gasteiger partial charge on any atom is 0.337 e. The molecule has 1 aromatic rings. The lowest BCUT2D eigenvalue weighted by molar-refractivity contribution is 0.0697. The molecule has 0 saturated heterocycles. The molecule has 1 fully saturated rings. The van der Waals surface area contributed by atoms with Gasteiger partial charge in [0.25, 0.3) is 0 Å². The van der Waals surface area contributed by atoms with Crippen LogP contribution in [0, 0.1) is 5.82 Å². The molecule has 0 unspecified atom stereocenters. The van der Waals surface area contributed by atoms with Gasteiger partial charge in [-0.1, -0.05) is 18.9 Å². The van der Waals surface area contributed by atoms with Crippen molar-refractivity contribution in [2.45, 2.75) is 30.4 Å². The summed E-state index contributed by atoms with van der Waals surface area (Å²) in [6, 6.07) is 4.13. The largest absolute Gasteiger partial charge is 0.478 e. The summed E-state index contributed by atoms with van der Waals surface area (Å²) in [6.45, 7) is 0.607. The number of thioether (sulfide) groups is 1. The van der Waals surface area contributed by atoms with Gasteiger partial charge in [0.05, 0.1) is 11.3 Å². The van der Waals surface area contributed by atoms with Crippen molar-refractivity contribution in [2.75, 3.05) is 18.1 Å². The molecule has 0 amide bonds. The Morgan fingerprint density at radius 2 is 2.16 bits per heavy atom. The van der Waals surface area contributed by atoms with Crippen LogP contribution in [-0.4, -0.2) is 28.6 Å². The van der Waals surface area contributed by atoms with E-state index in [1.807, 2.05) is 0 Å². The molecule has 1 aliphatic carbocycles. The van der Waals surface area contributed by atoms with E-state index in [1.54, 1.807) is 11.8 Å². The molecule has 5 heteroatoms. The second-order valence-electron chi connectivity index (χ2n) is 4.92. The van der Waals surface area contributed by atoms with Crippen LogP contribution in [-0.2, 0) is 0 Å². The zero-order valence-corrected chi connectivity index (χ0v) is 11.7. The third-order valence-corrected chi connectivity index (χ3v) is 5.20. The molecular formula is C14H18FNO2S. The number of anilines is 1. The van der Waals surface area contributed by atoms with Crippen LogP contribution >= 0.6 is 11.8 Å². The molecule has 0 aromatic heterocycles. The van der Waals surface area contributed by atoms with Crippen molar-refractivity contribution in [3.63, 3.8) is 0 Å². The quantitative estimate of drug-likeness (QED) is 0.866. The topological polar surface area (TPSA) is 49.3 Å². The molecule has 0 radical (unpaired) electrons. The number of carboxylic acids is 1. The summed E-state index contributed by atoms with van der Waals surface area (Å²) in [5.41, 5.74) is 0.101. The van der Waals surface area contributed by atoms with E-state index in [1.165, 1.54) is 31.0 Å². The maximum absolute atomic E-state index is 13.8. The third kappa shape index (κ3) is 3.03. The Balaban J connectivity index is 2.17. The van der Waals surface area contributed by atoms with Gasteiger partial charge in [-0.05, 0) is 31.2 Å². The minimum absolute atomic E-state index is 0.00532. The Bertz CT molecular complexity index is 473. The fraction of sp³-hybridized carbons (Fsp3) is 0.500. The molecule has 3 nitrogen and oxygen atoms in total. The molecule has 1 aliphatic rings. The lowest BCUT2D eigenvalue weighted by Crippen LogP contribution is -2.30. The summed E-state index contributed by atoms with van der Waals surface area (Å²) in [5, 5.41) is 12.1. The van der Waals surface area contributed by atoms with E-state index >= 15 is 0 Å². The number of benzene rings is 1. The van der Waals surface area contributed by atoms with Crippen molar-refractivity contribution in [2.24, 2.45) is 0 Å². The van der Waals surface area contributed by atoms with Crippen molar-refractivity contribution < 1.29 is 14.3 Å². The molecule has 1 saturated carbocycles. The van der Waals surface area contributed by atoms with Crippen molar-refractivity contribution in [3.8, 4) is 0 Å². The minimum Gasteiger partial charge on any atom is -0.478 e. The fourth-order valence-corrected chi connectivity index (χ4v) is 3.52. The van der Waals surface area contributed by atoms with Crippen molar-refractivity contribution in [3.05, 3.63) is 29.6 Å². The summed E-state index contributed by atoms with van der Waals surface area (Å²) >= 11 is 1.79. The van der Waals surface area contributed by atoms with Gasteiger partial charge in [0.2, 0.25) is 0 Å². The zero-order valence-electron chi connectivity index (χ0n) is 10.9. The summed E-state index contributed by atoms with van der Waals surface area (Å²) in [5.74, 6) is -1.61. The highest BCUT2D eigenvalue weighted by Crippen LogP contribution is 2.40. The molecule has 0 atom stereocenters. The van der Waals surface area contributed by atoms with Gasteiger partial charge in [0.1, 0.15) is 5.82 Å². The van der Waals surface area contributed by atoms with Gasteiger partial charge in [0.15, 0.2) is 0 Å². The van der Waals surface area contributed by atoms with E-state index in [0.717, 1.165) is 12.8 Å². The van der Waals surface area contributed by atoms with Crippen LogP contribution in [0.3, 0.4) is 0 Å². The van der Waals surface area contributed by atoms with Crippen LogP contribution in [0.2, 0.25) is 0 Å². The van der Waals surface area contributed by atoms with Crippen LogP contribution in [0.5, 0.6) is 0 Å². The minimum atomic E-state index is -1.10. The third-order valence-electron chi connectivity index (χ3n) is 3.78. The van der Waals surface area contributed by atoms with E-state index in [0.29, 0.717) is 6.54 Å². The standard InChI is InChI=1S/C14H18FNO2S/c1-19-14(7-2-3-8-14)9-16-12-10(13(17)18)5-4-6-11(12)15/h4-6,16H,2-3,7-9H2,1H3,(H,17,18). The molecule has 0 bridgehead atoms. The Labute approximate surface area is 116 Å². The number of hydrogen-bond donors (Lipinski definition) is 2. The number of carboxylic acid groups (broad SMARTS) is 1. The fourth-order valence-electron chi connectivity index (χ4n) is 2.60. The number of nitrogens with one attached hydrogen (secondary N) is 1. The number of rotatable bonds is 5. The zero-order chi connectivity index (χ0) is 13.9. The number of halogens is 1. The number of hydrogen-bond acceptors (Lipinski definition) is 3. The van der Waals surface area contributed by atoms with Crippen LogP contribution in [0.4, 0.5) is 10.1 Å². The molecule has 2 N–H and O–H groups in total. The van der Waals surface area contributed by atoms with Gasteiger partial charge in [0, 0.05) is 11.3 Å². The summed E-state index contributed by atoms with van der Waals surface area (Å²) in [4.78, 5) is 11.1. The Morgan fingerprint density at radius 3 is 2.74 bits per heavy atom. The monoisotopic (exact) mass is 283 g/mol. The smallest absolute Gasteiger partial charge is 0.337 e. The highest BCUT2D eigenvalue weighted by Gasteiger charge is 2.33. The Kier molecular flexibility index (Phi) is 4.34. The average molecular weight is 283 g/mol. The summed E-state index contributed by atoms with van der Waals surface area (Å²) in [6.07, 6.45) is 6.62. The van der Waals surface area contributed by atoms with Gasteiger partial charge in [-0.3, -0.25) is 0 Å². The van der Waals surface area contributed by atoms with Crippen LogP contribution in [0.1, 0.15) is 36.0 Å². The second kappa shape index (κ2) is 5.82. The molecule has 2 rings (SSSR count). The van der Waals surface area contributed by atoms with Crippen molar-refractivity contribution in [1.29, 1.82) is 0 Å². The normalized spacial score (nSPS) is 17.4. The number of para-hydroxylation sites is 1. The summed E-state index contributed by atoms with van der Waals surface area (Å²) in [7, 11) is 0. The van der Waals surface area contributed by atoms with Crippen LogP contribution in [0.25, 0.3) is 0 Å². The van der Waals surface area contributed by atoms with Crippen molar-refractivity contribution >= 4 is 23.4 Å². The van der Waals surface area contributed by atoms with Crippen molar-refractivity contribution in [1.82, 2.24) is 0 Å². The molecular weight excluding hydrogens is 265 g/mol. The van der Waals surface area contributed by atoms with E-state index in [9.17, 15) is 9.18 Å². The van der Waals surface area contributed by atoms with E-state index < -0.39 is 11.8 Å². The number of aromatic carboxylic acids is 1. The lowest BCUT2D eigenvalue weighted by atomic mass is 10.1. The van der Waals surface area contributed by atoms with Gasteiger partial charge < -0.3 is 10.4 Å². The second-order valence-corrected chi connectivity index (χ2v) is 6.19. The van der Waals surface area contributed by atoms with E-state index in [-0.39, 0.29) is 16.0 Å². The first-order chi connectivity index (χ1) is 9.08. The number of carbonyl (C=O) groups is 1. The first-order valence-corrected chi connectivity index (χ1v) is 7.61. The average Bonchev–Trinajstić information content (AvgIpc) is 2.86. The first kappa shape index (κ1) is 14.2. The van der Waals surface area contributed by atoms with Gasteiger partial charge in [-0.2, -0.15) is 11.8 Å². The maximum atomic E-state index is 13.8. The first-order valence-electron chi connectivity index (χ1n) is 6.39.